The van der Waals surface area contributed by atoms with E-state index in [9.17, 15) is 18.0 Å². The lowest BCUT2D eigenvalue weighted by Gasteiger charge is -2.11. The van der Waals surface area contributed by atoms with Crippen LogP contribution in [0, 0.1) is 0 Å². The third kappa shape index (κ3) is 4.62. The minimum absolute atomic E-state index is 0.177. The van der Waals surface area contributed by atoms with Gasteiger partial charge in [0.05, 0.1) is 19.3 Å². The SMILES string of the molecule is COc1ccc(OCCOC(F)(F)F)c(C=O)c1. The quantitative estimate of drug-likeness (QED) is 0.584. The minimum Gasteiger partial charge on any atom is -0.497 e. The first-order chi connectivity index (χ1) is 8.46. The van der Waals surface area contributed by atoms with Crippen molar-refractivity contribution < 1.29 is 32.2 Å². The van der Waals surface area contributed by atoms with E-state index in [2.05, 4.69) is 4.74 Å². The number of hydrogen-bond donors (Lipinski definition) is 0. The number of halogens is 3. The normalized spacial score (nSPS) is 11.1. The Morgan fingerprint density at radius 1 is 1.28 bits per heavy atom. The van der Waals surface area contributed by atoms with Crippen molar-refractivity contribution in [2.45, 2.75) is 6.36 Å². The molecule has 0 unspecified atom stereocenters. The van der Waals surface area contributed by atoms with Gasteiger partial charge in [0.1, 0.15) is 18.1 Å². The van der Waals surface area contributed by atoms with Crippen LogP contribution in [0.4, 0.5) is 13.2 Å². The summed E-state index contributed by atoms with van der Waals surface area (Å²) < 4.78 is 48.5. The van der Waals surface area contributed by atoms with Crippen LogP contribution < -0.4 is 9.47 Å². The van der Waals surface area contributed by atoms with E-state index >= 15 is 0 Å². The average Bonchev–Trinajstić information content (AvgIpc) is 2.33. The summed E-state index contributed by atoms with van der Waals surface area (Å²) in [6.07, 6.45) is -4.15. The molecule has 18 heavy (non-hydrogen) atoms. The zero-order valence-corrected chi connectivity index (χ0v) is 9.49. The largest absolute Gasteiger partial charge is 0.522 e. The molecule has 0 spiro atoms. The molecule has 100 valence electrons. The highest BCUT2D eigenvalue weighted by molar-refractivity contribution is 5.80. The molecule has 1 aromatic carbocycles. The van der Waals surface area contributed by atoms with Crippen molar-refractivity contribution >= 4 is 6.29 Å². The number of aldehydes is 1. The van der Waals surface area contributed by atoms with Crippen LogP contribution in [0.1, 0.15) is 10.4 Å². The van der Waals surface area contributed by atoms with Gasteiger partial charge in [0.25, 0.3) is 0 Å². The van der Waals surface area contributed by atoms with Crippen LogP contribution in [-0.4, -0.2) is 33.0 Å². The first-order valence-electron chi connectivity index (χ1n) is 4.93. The molecule has 1 rings (SSSR count). The second-order valence-electron chi connectivity index (χ2n) is 3.16. The maximum Gasteiger partial charge on any atom is 0.522 e. The first kappa shape index (κ1) is 14.3. The summed E-state index contributed by atoms with van der Waals surface area (Å²) in [6, 6.07) is 4.40. The van der Waals surface area contributed by atoms with Crippen LogP contribution in [0.25, 0.3) is 0 Å². The molecular weight excluding hydrogens is 253 g/mol. The Bertz CT molecular complexity index is 404. The Kier molecular flexibility index (Phi) is 4.96. The molecule has 4 nitrogen and oxygen atoms in total. The molecule has 0 radical (unpaired) electrons. The number of carbonyl (C=O) groups excluding carboxylic acids is 1. The van der Waals surface area contributed by atoms with E-state index in [-0.39, 0.29) is 17.9 Å². The van der Waals surface area contributed by atoms with Gasteiger partial charge in [-0.2, -0.15) is 0 Å². The Labute approximate surface area is 101 Å². The predicted octanol–water partition coefficient (Wildman–Crippen LogP) is 2.42. The molecule has 0 aromatic heterocycles. The van der Waals surface area contributed by atoms with Gasteiger partial charge in [-0.3, -0.25) is 9.53 Å². The highest BCUT2D eigenvalue weighted by atomic mass is 19.4. The number of ether oxygens (including phenoxy) is 3. The lowest BCUT2D eigenvalue weighted by Crippen LogP contribution is -2.18. The summed E-state index contributed by atoms with van der Waals surface area (Å²) in [5, 5.41) is 0. The van der Waals surface area contributed by atoms with Gasteiger partial charge in [0.15, 0.2) is 6.29 Å². The highest BCUT2D eigenvalue weighted by Gasteiger charge is 2.28. The maximum atomic E-state index is 11.7. The standard InChI is InChI=1S/C11H11F3O4/c1-16-9-2-3-10(8(6-9)7-15)17-4-5-18-11(12,13)14/h2-3,6-7H,4-5H2,1H3. The van der Waals surface area contributed by atoms with Crippen molar-refractivity contribution in [3.63, 3.8) is 0 Å². The molecule has 0 saturated carbocycles. The fourth-order valence-electron chi connectivity index (χ4n) is 1.19. The molecule has 0 aliphatic rings. The number of carbonyl (C=O) groups is 1. The van der Waals surface area contributed by atoms with Crippen molar-refractivity contribution in [3.05, 3.63) is 23.8 Å². The Balaban J connectivity index is 2.54. The smallest absolute Gasteiger partial charge is 0.497 e. The predicted molar refractivity (Wildman–Crippen MR) is 55.9 cm³/mol. The second kappa shape index (κ2) is 6.25. The summed E-state index contributed by atoms with van der Waals surface area (Å²) in [6.45, 7) is -0.958. The molecule has 0 heterocycles. The monoisotopic (exact) mass is 264 g/mol. The number of alkyl halides is 3. The van der Waals surface area contributed by atoms with Gasteiger partial charge >= 0.3 is 6.36 Å². The summed E-state index contributed by atoms with van der Waals surface area (Å²) in [7, 11) is 1.43. The average molecular weight is 264 g/mol. The third-order valence-electron chi connectivity index (χ3n) is 1.95. The van der Waals surface area contributed by atoms with Crippen LogP contribution in [0.15, 0.2) is 18.2 Å². The first-order valence-corrected chi connectivity index (χ1v) is 4.93. The Morgan fingerprint density at radius 3 is 2.56 bits per heavy atom. The van der Waals surface area contributed by atoms with E-state index in [0.29, 0.717) is 12.0 Å². The fourth-order valence-corrected chi connectivity index (χ4v) is 1.19. The fraction of sp³-hybridized carbons (Fsp3) is 0.364. The topological polar surface area (TPSA) is 44.8 Å². The minimum atomic E-state index is -4.68. The zero-order valence-electron chi connectivity index (χ0n) is 9.49. The molecule has 0 aliphatic carbocycles. The van der Waals surface area contributed by atoms with Crippen molar-refractivity contribution in [1.29, 1.82) is 0 Å². The van der Waals surface area contributed by atoms with Gasteiger partial charge < -0.3 is 9.47 Å². The van der Waals surface area contributed by atoms with Crippen molar-refractivity contribution in [1.82, 2.24) is 0 Å². The van der Waals surface area contributed by atoms with Gasteiger partial charge in [-0.15, -0.1) is 13.2 Å². The van der Waals surface area contributed by atoms with Crippen LogP contribution in [0.3, 0.4) is 0 Å². The molecule has 7 heteroatoms. The van der Waals surface area contributed by atoms with Crippen LogP contribution in [-0.2, 0) is 4.74 Å². The van der Waals surface area contributed by atoms with E-state index in [1.54, 1.807) is 0 Å². The summed E-state index contributed by atoms with van der Waals surface area (Å²) in [5.74, 6) is 0.632. The number of methoxy groups -OCH3 is 1. The van der Waals surface area contributed by atoms with Gasteiger partial charge in [-0.1, -0.05) is 0 Å². The van der Waals surface area contributed by atoms with Crippen molar-refractivity contribution in [2.75, 3.05) is 20.3 Å². The van der Waals surface area contributed by atoms with Crippen LogP contribution in [0.2, 0.25) is 0 Å². The second-order valence-corrected chi connectivity index (χ2v) is 3.16. The third-order valence-corrected chi connectivity index (χ3v) is 1.95. The lowest BCUT2D eigenvalue weighted by atomic mass is 10.2. The Hall–Kier alpha value is -1.76. The van der Waals surface area contributed by atoms with Crippen molar-refractivity contribution in [3.8, 4) is 11.5 Å². The van der Waals surface area contributed by atoms with E-state index in [0.717, 1.165) is 0 Å². The zero-order chi connectivity index (χ0) is 13.6. The summed E-state index contributed by atoms with van der Waals surface area (Å²) in [4.78, 5) is 10.7. The van der Waals surface area contributed by atoms with E-state index in [4.69, 9.17) is 9.47 Å². The lowest BCUT2D eigenvalue weighted by molar-refractivity contribution is -0.325. The molecule has 1 aromatic rings. The summed E-state index contributed by atoms with van der Waals surface area (Å²) in [5.41, 5.74) is 0.196. The van der Waals surface area contributed by atoms with Gasteiger partial charge in [-0.05, 0) is 18.2 Å². The van der Waals surface area contributed by atoms with Crippen LogP contribution in [0.5, 0.6) is 11.5 Å². The van der Waals surface area contributed by atoms with Crippen LogP contribution >= 0.6 is 0 Å². The maximum absolute atomic E-state index is 11.7. The summed E-state index contributed by atoms with van der Waals surface area (Å²) >= 11 is 0. The number of hydrogen-bond acceptors (Lipinski definition) is 4. The molecule has 0 fully saturated rings. The number of benzene rings is 1. The molecule has 0 bridgehead atoms. The Morgan fingerprint density at radius 2 is 2.00 bits per heavy atom. The molecule has 0 N–H and O–H groups in total. The molecule has 0 aliphatic heterocycles. The van der Waals surface area contributed by atoms with E-state index in [1.165, 1.54) is 25.3 Å². The van der Waals surface area contributed by atoms with Gasteiger partial charge in [0, 0.05) is 0 Å². The van der Waals surface area contributed by atoms with E-state index in [1.807, 2.05) is 0 Å². The van der Waals surface area contributed by atoms with Gasteiger partial charge in [-0.25, -0.2) is 0 Å². The number of rotatable bonds is 6. The molecular formula is C11H11F3O4. The molecule has 0 amide bonds. The van der Waals surface area contributed by atoms with Gasteiger partial charge in [0.2, 0.25) is 0 Å². The highest BCUT2D eigenvalue weighted by Crippen LogP contribution is 2.23. The van der Waals surface area contributed by atoms with Crippen molar-refractivity contribution in [2.24, 2.45) is 0 Å². The molecule has 0 saturated heterocycles. The molecule has 0 atom stereocenters. The van der Waals surface area contributed by atoms with E-state index < -0.39 is 13.0 Å².